The molecule has 0 aromatic heterocycles. The molecule has 0 heterocycles. The Kier molecular flexibility index (Phi) is 5.09. The fourth-order valence-electron chi connectivity index (χ4n) is 1.73. The Labute approximate surface area is 135 Å². The number of ether oxygens (including phenoxy) is 2. The second kappa shape index (κ2) is 6.83. The topological polar surface area (TPSA) is 61.5 Å². The summed E-state index contributed by atoms with van der Waals surface area (Å²) in [5.41, 5.74) is 7.13. The number of benzene rings is 2. The molecule has 0 radical (unpaired) electrons. The van der Waals surface area contributed by atoms with E-state index in [2.05, 4.69) is 15.9 Å². The standard InChI is InChI=1S/C15H13BrClNO3/c1-20-11-3-5-13(16)9(6-11)8-21-15(19)12-4-2-10(17)7-14(12)18/h2-7H,8,18H2,1H3. The van der Waals surface area contributed by atoms with Crippen LogP contribution in [0.25, 0.3) is 0 Å². The molecule has 2 aromatic rings. The largest absolute Gasteiger partial charge is 0.497 e. The van der Waals surface area contributed by atoms with E-state index in [9.17, 15) is 4.79 Å². The number of carbonyl (C=O) groups is 1. The van der Waals surface area contributed by atoms with Crippen molar-refractivity contribution in [2.75, 3.05) is 12.8 Å². The predicted molar refractivity (Wildman–Crippen MR) is 85.7 cm³/mol. The van der Waals surface area contributed by atoms with Crippen LogP contribution in [0.5, 0.6) is 5.75 Å². The highest BCUT2D eigenvalue weighted by Gasteiger charge is 2.13. The molecule has 0 atom stereocenters. The van der Waals surface area contributed by atoms with Crippen LogP contribution in [0.2, 0.25) is 5.02 Å². The van der Waals surface area contributed by atoms with Gasteiger partial charge in [-0.15, -0.1) is 0 Å². The molecular formula is C15H13BrClNO3. The molecule has 0 saturated heterocycles. The van der Waals surface area contributed by atoms with Crippen LogP contribution in [-0.2, 0) is 11.3 Å². The lowest BCUT2D eigenvalue weighted by molar-refractivity contribution is 0.0473. The van der Waals surface area contributed by atoms with E-state index in [0.717, 1.165) is 10.0 Å². The van der Waals surface area contributed by atoms with E-state index in [0.29, 0.717) is 16.3 Å². The Bertz CT molecular complexity index is 676. The van der Waals surface area contributed by atoms with Gasteiger partial charge in [0.1, 0.15) is 12.4 Å². The van der Waals surface area contributed by atoms with Gasteiger partial charge in [-0.1, -0.05) is 27.5 Å². The van der Waals surface area contributed by atoms with Gasteiger partial charge in [0.25, 0.3) is 0 Å². The lowest BCUT2D eigenvalue weighted by Crippen LogP contribution is -2.08. The summed E-state index contributed by atoms with van der Waals surface area (Å²) in [6, 6.07) is 10.1. The minimum absolute atomic E-state index is 0.110. The molecule has 2 aromatic carbocycles. The monoisotopic (exact) mass is 369 g/mol. The van der Waals surface area contributed by atoms with Gasteiger partial charge in [-0.3, -0.25) is 0 Å². The second-order valence-electron chi connectivity index (χ2n) is 4.27. The first-order chi connectivity index (χ1) is 10.0. The summed E-state index contributed by atoms with van der Waals surface area (Å²) in [4.78, 5) is 12.0. The molecule has 6 heteroatoms. The van der Waals surface area contributed by atoms with Crippen molar-refractivity contribution in [3.63, 3.8) is 0 Å². The van der Waals surface area contributed by atoms with Crippen molar-refractivity contribution in [1.82, 2.24) is 0 Å². The van der Waals surface area contributed by atoms with Gasteiger partial charge in [-0.2, -0.15) is 0 Å². The molecule has 4 nitrogen and oxygen atoms in total. The van der Waals surface area contributed by atoms with Gasteiger partial charge in [0.05, 0.1) is 12.7 Å². The van der Waals surface area contributed by atoms with Crippen LogP contribution in [0.15, 0.2) is 40.9 Å². The van der Waals surface area contributed by atoms with E-state index in [1.807, 2.05) is 12.1 Å². The number of carbonyl (C=O) groups excluding carboxylic acids is 1. The molecule has 0 unspecified atom stereocenters. The van der Waals surface area contributed by atoms with E-state index in [1.165, 1.54) is 6.07 Å². The molecule has 0 aliphatic rings. The number of esters is 1. The molecule has 2 rings (SSSR count). The summed E-state index contributed by atoms with van der Waals surface area (Å²) in [5.74, 6) is 0.189. The van der Waals surface area contributed by atoms with Gasteiger partial charge in [0.15, 0.2) is 0 Å². The molecule has 110 valence electrons. The average molecular weight is 371 g/mol. The van der Waals surface area contributed by atoms with Crippen molar-refractivity contribution in [3.05, 3.63) is 57.0 Å². The van der Waals surface area contributed by atoms with E-state index in [-0.39, 0.29) is 12.3 Å². The van der Waals surface area contributed by atoms with Crippen LogP contribution in [0, 0.1) is 0 Å². The van der Waals surface area contributed by atoms with Crippen LogP contribution < -0.4 is 10.5 Å². The molecular weight excluding hydrogens is 358 g/mol. The Balaban J connectivity index is 2.10. The third-order valence-corrected chi connectivity index (χ3v) is 3.85. The third kappa shape index (κ3) is 3.89. The first kappa shape index (κ1) is 15.7. The van der Waals surface area contributed by atoms with Crippen molar-refractivity contribution in [2.45, 2.75) is 6.61 Å². The van der Waals surface area contributed by atoms with Gasteiger partial charge in [0.2, 0.25) is 0 Å². The van der Waals surface area contributed by atoms with E-state index in [1.54, 1.807) is 25.3 Å². The number of hydrogen-bond donors (Lipinski definition) is 1. The summed E-state index contributed by atoms with van der Waals surface area (Å²) in [5, 5.41) is 0.472. The molecule has 0 aliphatic heterocycles. The zero-order valence-electron chi connectivity index (χ0n) is 11.2. The smallest absolute Gasteiger partial charge is 0.340 e. The summed E-state index contributed by atoms with van der Waals surface area (Å²) in [6.07, 6.45) is 0. The van der Waals surface area contributed by atoms with Crippen molar-refractivity contribution < 1.29 is 14.3 Å². The Hall–Kier alpha value is -1.72. The maximum absolute atomic E-state index is 12.0. The number of anilines is 1. The zero-order valence-corrected chi connectivity index (χ0v) is 13.6. The number of nitrogen functional groups attached to an aromatic ring is 1. The number of nitrogens with two attached hydrogens (primary N) is 1. The second-order valence-corrected chi connectivity index (χ2v) is 5.56. The van der Waals surface area contributed by atoms with E-state index in [4.69, 9.17) is 26.8 Å². The van der Waals surface area contributed by atoms with Gasteiger partial charge >= 0.3 is 5.97 Å². The van der Waals surface area contributed by atoms with Crippen LogP contribution in [-0.4, -0.2) is 13.1 Å². The van der Waals surface area contributed by atoms with Crippen LogP contribution in [0.4, 0.5) is 5.69 Å². The normalized spacial score (nSPS) is 10.2. The summed E-state index contributed by atoms with van der Waals surface area (Å²) < 4.78 is 11.2. The molecule has 0 amide bonds. The fourth-order valence-corrected chi connectivity index (χ4v) is 2.27. The van der Waals surface area contributed by atoms with Crippen molar-refractivity contribution in [1.29, 1.82) is 0 Å². The Morgan fingerprint density at radius 3 is 2.71 bits per heavy atom. The van der Waals surface area contributed by atoms with Crippen molar-refractivity contribution in [3.8, 4) is 5.75 Å². The maximum atomic E-state index is 12.0. The first-order valence-corrected chi connectivity index (χ1v) is 7.23. The summed E-state index contributed by atoms with van der Waals surface area (Å²) in [7, 11) is 1.58. The minimum atomic E-state index is -0.501. The lowest BCUT2D eigenvalue weighted by Gasteiger charge is -2.10. The summed E-state index contributed by atoms with van der Waals surface area (Å²) >= 11 is 9.20. The fraction of sp³-hybridized carbons (Fsp3) is 0.133. The van der Waals surface area contributed by atoms with Crippen molar-refractivity contribution in [2.24, 2.45) is 0 Å². The summed E-state index contributed by atoms with van der Waals surface area (Å²) in [6.45, 7) is 0.110. The average Bonchev–Trinajstić information content (AvgIpc) is 2.46. The van der Waals surface area contributed by atoms with E-state index < -0.39 is 5.97 Å². The van der Waals surface area contributed by atoms with Gasteiger partial charge in [-0.25, -0.2) is 4.79 Å². The quantitative estimate of drug-likeness (QED) is 0.651. The molecule has 0 fully saturated rings. The number of rotatable bonds is 4. The van der Waals surface area contributed by atoms with Crippen LogP contribution in [0.1, 0.15) is 15.9 Å². The van der Waals surface area contributed by atoms with Gasteiger partial charge < -0.3 is 15.2 Å². The number of hydrogen-bond acceptors (Lipinski definition) is 4. The highest BCUT2D eigenvalue weighted by atomic mass is 79.9. The first-order valence-electron chi connectivity index (χ1n) is 6.06. The van der Waals surface area contributed by atoms with Crippen molar-refractivity contribution >= 4 is 39.2 Å². The Morgan fingerprint density at radius 2 is 2.05 bits per heavy atom. The van der Waals surface area contributed by atoms with Gasteiger partial charge in [-0.05, 0) is 36.4 Å². The van der Waals surface area contributed by atoms with Crippen LogP contribution in [0.3, 0.4) is 0 Å². The number of methoxy groups -OCH3 is 1. The molecule has 0 aliphatic carbocycles. The minimum Gasteiger partial charge on any atom is -0.497 e. The molecule has 0 saturated carbocycles. The zero-order chi connectivity index (χ0) is 15.4. The molecule has 2 N–H and O–H groups in total. The number of halogens is 2. The SMILES string of the molecule is COc1ccc(Br)c(COC(=O)c2ccc(Cl)cc2N)c1. The highest BCUT2D eigenvalue weighted by Crippen LogP contribution is 2.24. The van der Waals surface area contributed by atoms with Crippen LogP contribution >= 0.6 is 27.5 Å². The Morgan fingerprint density at radius 1 is 1.29 bits per heavy atom. The lowest BCUT2D eigenvalue weighted by atomic mass is 10.2. The van der Waals surface area contributed by atoms with E-state index >= 15 is 0 Å². The molecule has 21 heavy (non-hydrogen) atoms. The highest BCUT2D eigenvalue weighted by molar-refractivity contribution is 9.10. The maximum Gasteiger partial charge on any atom is 0.340 e. The van der Waals surface area contributed by atoms with Gasteiger partial charge in [0, 0.05) is 20.7 Å². The molecule has 0 spiro atoms. The predicted octanol–water partition coefficient (Wildman–Crippen LogP) is 4.05. The third-order valence-electron chi connectivity index (χ3n) is 2.85. The molecule has 0 bridgehead atoms.